The van der Waals surface area contributed by atoms with E-state index in [4.69, 9.17) is 28.8 Å². The minimum atomic E-state index is -1.07. The lowest BCUT2D eigenvalue weighted by molar-refractivity contribution is -0.165. The Balaban J connectivity index is 1.59. The van der Waals surface area contributed by atoms with Crippen molar-refractivity contribution in [2.75, 3.05) is 46.2 Å². The molecule has 1 atom stereocenters. The van der Waals surface area contributed by atoms with Gasteiger partial charge in [0.15, 0.2) is 12.0 Å². The number of hydrogen-bond acceptors (Lipinski definition) is 7. The van der Waals surface area contributed by atoms with Gasteiger partial charge in [-0.05, 0) is 31.4 Å². The molecule has 1 unspecified atom stereocenters. The van der Waals surface area contributed by atoms with Gasteiger partial charge in [-0.25, -0.2) is 9.78 Å². The number of nitrogens with one attached hydrogen (secondary N) is 1. The molecule has 1 aliphatic heterocycles. The van der Waals surface area contributed by atoms with Crippen LogP contribution >= 0.6 is 0 Å². The molecule has 0 spiro atoms. The van der Waals surface area contributed by atoms with Crippen LogP contribution in [0.1, 0.15) is 19.3 Å². The summed E-state index contributed by atoms with van der Waals surface area (Å²) in [6, 6.07) is 3.54. The van der Waals surface area contributed by atoms with Gasteiger partial charge in [0.2, 0.25) is 0 Å². The molecular formula is C17H26N2O7. The van der Waals surface area contributed by atoms with E-state index in [0.29, 0.717) is 31.5 Å². The van der Waals surface area contributed by atoms with Crippen molar-refractivity contribution in [3.05, 3.63) is 18.3 Å². The van der Waals surface area contributed by atoms with Crippen molar-refractivity contribution in [1.29, 1.82) is 0 Å². The zero-order valence-electron chi connectivity index (χ0n) is 14.7. The lowest BCUT2D eigenvalue weighted by Gasteiger charge is -2.22. The summed E-state index contributed by atoms with van der Waals surface area (Å²) in [5.41, 5.74) is 0. The smallest absolute Gasteiger partial charge is 0.404 e. The van der Waals surface area contributed by atoms with Crippen molar-refractivity contribution in [2.24, 2.45) is 0 Å². The van der Waals surface area contributed by atoms with Gasteiger partial charge < -0.3 is 34.1 Å². The summed E-state index contributed by atoms with van der Waals surface area (Å²) in [6.07, 6.45) is 3.55. The monoisotopic (exact) mass is 370 g/mol. The summed E-state index contributed by atoms with van der Waals surface area (Å²) in [5, 5.41) is 10.6. The molecule has 0 radical (unpaired) electrons. The summed E-state index contributed by atoms with van der Waals surface area (Å²) in [6.45, 7) is 2.67. The number of nitrogens with zero attached hydrogens (tertiary/aromatic N) is 1. The molecule has 1 aromatic heterocycles. The molecule has 0 bridgehead atoms. The van der Waals surface area contributed by atoms with Gasteiger partial charge in [0.1, 0.15) is 13.2 Å². The highest BCUT2D eigenvalue weighted by Crippen LogP contribution is 2.23. The molecule has 2 rings (SSSR count). The molecule has 9 nitrogen and oxygen atoms in total. The Hall–Kier alpha value is -2.10. The fourth-order valence-corrected chi connectivity index (χ4v) is 2.30. The van der Waals surface area contributed by atoms with Crippen molar-refractivity contribution >= 4 is 6.09 Å². The summed E-state index contributed by atoms with van der Waals surface area (Å²) < 4.78 is 27.6. The maximum atomic E-state index is 10.3. The number of aromatic nitrogens is 1. The second kappa shape index (κ2) is 12.3. The van der Waals surface area contributed by atoms with E-state index >= 15 is 0 Å². The second-order valence-electron chi connectivity index (χ2n) is 5.51. The first-order valence-corrected chi connectivity index (χ1v) is 8.74. The second-order valence-corrected chi connectivity index (χ2v) is 5.51. The standard InChI is InChI=1S/C17H26N2O7/c20-17(21)19-7-9-22-10-11-26-16-14(4-3-6-18-16)23-12-13-25-15-5-1-2-8-24-15/h3-4,6,15,19H,1-2,5,7-13H2,(H,20,21). The molecule has 9 heteroatoms. The van der Waals surface area contributed by atoms with Gasteiger partial charge in [0.25, 0.3) is 5.88 Å². The highest BCUT2D eigenvalue weighted by molar-refractivity contribution is 5.64. The Kier molecular flexibility index (Phi) is 9.55. The largest absolute Gasteiger partial charge is 0.486 e. The molecule has 0 aromatic carbocycles. The molecule has 1 aromatic rings. The fraction of sp³-hybridized carbons (Fsp3) is 0.647. The molecule has 2 heterocycles. The van der Waals surface area contributed by atoms with E-state index in [1.54, 1.807) is 18.3 Å². The van der Waals surface area contributed by atoms with Crippen LogP contribution in [0.25, 0.3) is 0 Å². The Bertz CT molecular complexity index is 524. The number of ether oxygens (including phenoxy) is 5. The number of amides is 1. The van der Waals surface area contributed by atoms with E-state index in [9.17, 15) is 4.79 Å². The summed E-state index contributed by atoms with van der Waals surface area (Å²) in [7, 11) is 0. The molecule has 1 aliphatic rings. The molecule has 1 saturated heterocycles. The van der Waals surface area contributed by atoms with Crippen LogP contribution in [0.15, 0.2) is 18.3 Å². The molecule has 2 N–H and O–H groups in total. The third-order valence-corrected chi connectivity index (χ3v) is 3.51. The predicted octanol–water partition coefficient (Wildman–Crippen LogP) is 1.67. The van der Waals surface area contributed by atoms with E-state index in [-0.39, 0.29) is 26.0 Å². The van der Waals surface area contributed by atoms with Crippen molar-refractivity contribution in [2.45, 2.75) is 25.6 Å². The SMILES string of the molecule is O=C(O)NCCOCCOc1ncccc1OCCOC1CCCCO1. The van der Waals surface area contributed by atoms with Gasteiger partial charge in [-0.3, -0.25) is 0 Å². The first kappa shape index (κ1) is 20.2. The van der Waals surface area contributed by atoms with E-state index < -0.39 is 6.09 Å². The van der Waals surface area contributed by atoms with Crippen LogP contribution in [0.3, 0.4) is 0 Å². The fourth-order valence-electron chi connectivity index (χ4n) is 2.30. The lowest BCUT2D eigenvalue weighted by Crippen LogP contribution is -2.25. The van der Waals surface area contributed by atoms with Crippen LogP contribution in [0.2, 0.25) is 0 Å². The average Bonchev–Trinajstić information content (AvgIpc) is 2.66. The number of carboxylic acid groups (broad SMARTS) is 1. The van der Waals surface area contributed by atoms with E-state index in [1.165, 1.54) is 0 Å². The van der Waals surface area contributed by atoms with Gasteiger partial charge in [0, 0.05) is 19.3 Å². The quantitative estimate of drug-likeness (QED) is 0.535. The topological polar surface area (TPSA) is 108 Å². The first-order chi connectivity index (χ1) is 12.8. The van der Waals surface area contributed by atoms with Crippen molar-refractivity contribution in [1.82, 2.24) is 10.3 Å². The molecule has 1 amide bonds. The van der Waals surface area contributed by atoms with Crippen LogP contribution in [0, 0.1) is 0 Å². The molecule has 0 aliphatic carbocycles. The zero-order chi connectivity index (χ0) is 18.5. The van der Waals surface area contributed by atoms with Crippen LogP contribution in [-0.2, 0) is 14.2 Å². The van der Waals surface area contributed by atoms with Gasteiger partial charge in [-0.1, -0.05) is 0 Å². The van der Waals surface area contributed by atoms with E-state index in [0.717, 1.165) is 25.9 Å². The summed E-state index contributed by atoms with van der Waals surface area (Å²) in [5.74, 6) is 0.918. The minimum Gasteiger partial charge on any atom is -0.486 e. The minimum absolute atomic E-state index is 0.135. The molecule has 146 valence electrons. The first-order valence-electron chi connectivity index (χ1n) is 8.74. The van der Waals surface area contributed by atoms with Crippen molar-refractivity contribution in [3.8, 4) is 11.6 Å². The van der Waals surface area contributed by atoms with Gasteiger partial charge in [0.05, 0.1) is 19.8 Å². The van der Waals surface area contributed by atoms with Crippen LogP contribution < -0.4 is 14.8 Å². The maximum Gasteiger partial charge on any atom is 0.404 e. The highest BCUT2D eigenvalue weighted by atomic mass is 16.7. The van der Waals surface area contributed by atoms with E-state index in [1.807, 2.05) is 0 Å². The van der Waals surface area contributed by atoms with Gasteiger partial charge >= 0.3 is 6.09 Å². The van der Waals surface area contributed by atoms with Crippen molar-refractivity contribution < 1.29 is 33.6 Å². The van der Waals surface area contributed by atoms with Crippen LogP contribution in [0.4, 0.5) is 4.79 Å². The third kappa shape index (κ3) is 8.32. The lowest BCUT2D eigenvalue weighted by atomic mass is 10.2. The Labute approximate surface area is 152 Å². The predicted molar refractivity (Wildman–Crippen MR) is 91.6 cm³/mol. The highest BCUT2D eigenvalue weighted by Gasteiger charge is 2.14. The van der Waals surface area contributed by atoms with Crippen LogP contribution in [-0.4, -0.2) is 68.7 Å². The molecule has 1 fully saturated rings. The molecule has 0 saturated carbocycles. The Morgan fingerprint density at radius 3 is 2.92 bits per heavy atom. The number of hydrogen-bond donors (Lipinski definition) is 2. The number of rotatable bonds is 12. The molecule has 26 heavy (non-hydrogen) atoms. The average molecular weight is 370 g/mol. The number of pyridine rings is 1. The van der Waals surface area contributed by atoms with Gasteiger partial charge in [-0.2, -0.15) is 0 Å². The van der Waals surface area contributed by atoms with E-state index in [2.05, 4.69) is 10.3 Å². The summed E-state index contributed by atoms with van der Waals surface area (Å²) in [4.78, 5) is 14.4. The maximum absolute atomic E-state index is 10.3. The summed E-state index contributed by atoms with van der Waals surface area (Å²) >= 11 is 0. The van der Waals surface area contributed by atoms with Crippen molar-refractivity contribution in [3.63, 3.8) is 0 Å². The molecular weight excluding hydrogens is 344 g/mol. The Morgan fingerprint density at radius 1 is 1.23 bits per heavy atom. The van der Waals surface area contributed by atoms with Crippen LogP contribution in [0.5, 0.6) is 11.6 Å². The number of carbonyl (C=O) groups is 1. The normalized spacial score (nSPS) is 16.8. The zero-order valence-corrected chi connectivity index (χ0v) is 14.7. The van der Waals surface area contributed by atoms with Gasteiger partial charge in [-0.15, -0.1) is 0 Å². The third-order valence-electron chi connectivity index (χ3n) is 3.51. The Morgan fingerprint density at radius 2 is 2.12 bits per heavy atom.